The van der Waals surface area contributed by atoms with Crippen LogP contribution >= 0.6 is 0 Å². The van der Waals surface area contributed by atoms with E-state index < -0.39 is 10.0 Å². The Morgan fingerprint density at radius 1 is 1.21 bits per heavy atom. The third-order valence-electron chi connectivity index (χ3n) is 5.24. The van der Waals surface area contributed by atoms with Gasteiger partial charge in [-0.15, -0.1) is 0 Å². The van der Waals surface area contributed by atoms with E-state index in [0.29, 0.717) is 37.8 Å². The molecule has 1 aromatic heterocycles. The Kier molecular flexibility index (Phi) is 5.31. The van der Waals surface area contributed by atoms with Crippen molar-refractivity contribution in [3.05, 3.63) is 35.2 Å². The van der Waals surface area contributed by atoms with E-state index in [2.05, 4.69) is 20.8 Å². The van der Waals surface area contributed by atoms with Crippen molar-refractivity contribution in [3.63, 3.8) is 0 Å². The lowest BCUT2D eigenvalue weighted by Gasteiger charge is -2.26. The van der Waals surface area contributed by atoms with E-state index in [1.165, 1.54) is 5.56 Å². The van der Waals surface area contributed by atoms with E-state index >= 15 is 0 Å². The summed E-state index contributed by atoms with van der Waals surface area (Å²) in [7, 11) is -3.63. The largest absolute Gasteiger partial charge is 0.486 e. The fourth-order valence-electron chi connectivity index (χ4n) is 3.99. The predicted molar refractivity (Wildman–Crippen MR) is 102 cm³/mol. The molecular weight excluding hydrogens is 382 g/mol. The smallest absolute Gasteiger partial charge is 0.246 e. The molecule has 0 aliphatic carbocycles. The summed E-state index contributed by atoms with van der Waals surface area (Å²) in [6, 6.07) is 6.33. The van der Waals surface area contributed by atoms with E-state index in [-0.39, 0.29) is 10.9 Å². The van der Waals surface area contributed by atoms with E-state index in [1.54, 1.807) is 13.8 Å². The van der Waals surface area contributed by atoms with Gasteiger partial charge in [-0.3, -0.25) is 4.90 Å². The average Bonchev–Trinajstić information content (AvgIpc) is 3.27. The van der Waals surface area contributed by atoms with Crippen LogP contribution in [0.2, 0.25) is 0 Å². The highest BCUT2D eigenvalue weighted by atomic mass is 32.2. The second-order valence-corrected chi connectivity index (χ2v) is 8.85. The van der Waals surface area contributed by atoms with Crippen molar-refractivity contribution in [2.24, 2.45) is 0 Å². The van der Waals surface area contributed by atoms with Crippen molar-refractivity contribution < 1.29 is 22.4 Å². The van der Waals surface area contributed by atoms with Crippen LogP contribution in [0.4, 0.5) is 0 Å². The first-order chi connectivity index (χ1) is 13.5. The molecule has 0 amide bonds. The van der Waals surface area contributed by atoms with Crippen molar-refractivity contribution in [3.8, 4) is 11.5 Å². The second kappa shape index (κ2) is 7.73. The molecule has 152 valence electrons. The molecule has 0 spiro atoms. The van der Waals surface area contributed by atoms with Gasteiger partial charge in [0.1, 0.15) is 23.8 Å². The van der Waals surface area contributed by atoms with Gasteiger partial charge < -0.3 is 14.0 Å². The summed E-state index contributed by atoms with van der Waals surface area (Å²) in [4.78, 5) is 2.44. The number of aryl methyl sites for hydroxylation is 2. The highest BCUT2D eigenvalue weighted by molar-refractivity contribution is 7.89. The molecule has 1 unspecified atom stereocenters. The molecule has 3 heterocycles. The monoisotopic (exact) mass is 407 g/mol. The number of sulfonamides is 1. The zero-order valence-electron chi connectivity index (χ0n) is 16.1. The fraction of sp³-hybridized carbons (Fsp3) is 0.526. The molecule has 9 heteroatoms. The highest BCUT2D eigenvalue weighted by Gasteiger charge is 2.28. The molecule has 4 rings (SSSR count). The zero-order chi connectivity index (χ0) is 19.7. The molecule has 1 atom stereocenters. The molecule has 2 aliphatic heterocycles. The number of nitrogens with one attached hydrogen (secondary N) is 1. The SMILES string of the molecule is Cc1noc(C)c1S(=O)(=O)NCCN1CCCC1c1ccc2c(c1)OCCO2. The first-order valence-corrected chi connectivity index (χ1v) is 11.0. The topological polar surface area (TPSA) is 93.9 Å². The summed E-state index contributed by atoms with van der Waals surface area (Å²) >= 11 is 0. The summed E-state index contributed by atoms with van der Waals surface area (Å²) in [5.41, 5.74) is 1.55. The van der Waals surface area contributed by atoms with Crippen molar-refractivity contribution >= 4 is 10.0 Å². The summed E-state index contributed by atoms with van der Waals surface area (Å²) in [6.45, 7) is 6.26. The van der Waals surface area contributed by atoms with Crippen molar-refractivity contribution in [1.82, 2.24) is 14.8 Å². The maximum absolute atomic E-state index is 12.6. The first-order valence-electron chi connectivity index (χ1n) is 9.52. The molecule has 1 N–H and O–H groups in total. The Labute approximate surface area is 164 Å². The molecule has 2 aromatic rings. The normalized spacial score (nSPS) is 19.9. The van der Waals surface area contributed by atoms with Gasteiger partial charge >= 0.3 is 0 Å². The average molecular weight is 407 g/mol. The third-order valence-corrected chi connectivity index (χ3v) is 6.95. The van der Waals surface area contributed by atoms with Gasteiger partial charge in [0, 0.05) is 19.1 Å². The maximum Gasteiger partial charge on any atom is 0.246 e. The number of hydrogen-bond donors (Lipinski definition) is 1. The van der Waals surface area contributed by atoms with Crippen LogP contribution in [0.25, 0.3) is 0 Å². The van der Waals surface area contributed by atoms with Gasteiger partial charge in [-0.2, -0.15) is 0 Å². The van der Waals surface area contributed by atoms with Crippen molar-refractivity contribution in [1.29, 1.82) is 0 Å². The van der Waals surface area contributed by atoms with E-state index in [0.717, 1.165) is 30.9 Å². The van der Waals surface area contributed by atoms with Gasteiger partial charge in [-0.25, -0.2) is 13.1 Å². The standard InChI is InChI=1S/C19H25N3O5S/c1-13-19(14(2)27-21-13)28(23,24)20-7-9-22-8-3-4-16(22)15-5-6-17-18(12-15)26-11-10-25-17/h5-6,12,16,20H,3-4,7-11H2,1-2H3. The number of nitrogens with zero attached hydrogens (tertiary/aromatic N) is 2. The van der Waals surface area contributed by atoms with Gasteiger partial charge in [-0.1, -0.05) is 11.2 Å². The molecule has 0 radical (unpaired) electrons. The number of hydrogen-bond acceptors (Lipinski definition) is 7. The molecule has 2 aliphatic rings. The Morgan fingerprint density at radius 3 is 2.75 bits per heavy atom. The molecule has 1 aromatic carbocycles. The molecular formula is C19H25N3O5S. The van der Waals surface area contributed by atoms with Crippen LogP contribution in [0, 0.1) is 13.8 Å². The second-order valence-electron chi connectivity index (χ2n) is 7.15. The van der Waals surface area contributed by atoms with Crippen LogP contribution < -0.4 is 14.2 Å². The van der Waals surface area contributed by atoms with Crippen LogP contribution in [0.15, 0.2) is 27.6 Å². The minimum atomic E-state index is -3.63. The molecule has 0 bridgehead atoms. The fourth-order valence-corrected chi connectivity index (χ4v) is 5.34. The number of likely N-dealkylation sites (tertiary alicyclic amines) is 1. The van der Waals surface area contributed by atoms with Gasteiger partial charge in [0.15, 0.2) is 17.3 Å². The van der Waals surface area contributed by atoms with Crippen LogP contribution in [0.5, 0.6) is 11.5 Å². The number of aromatic nitrogens is 1. The van der Waals surface area contributed by atoms with Gasteiger partial charge in [0.2, 0.25) is 10.0 Å². The quantitative estimate of drug-likeness (QED) is 0.784. The lowest BCUT2D eigenvalue weighted by atomic mass is 10.0. The minimum Gasteiger partial charge on any atom is -0.486 e. The summed E-state index contributed by atoms with van der Waals surface area (Å²) in [5, 5.41) is 3.73. The van der Waals surface area contributed by atoms with Crippen molar-refractivity contribution in [2.75, 3.05) is 32.8 Å². The zero-order valence-corrected chi connectivity index (χ0v) is 16.9. The summed E-state index contributed by atoms with van der Waals surface area (Å²) in [5.74, 6) is 1.88. The van der Waals surface area contributed by atoms with Crippen LogP contribution in [0.1, 0.15) is 35.9 Å². The molecule has 28 heavy (non-hydrogen) atoms. The van der Waals surface area contributed by atoms with E-state index in [9.17, 15) is 8.42 Å². The summed E-state index contributed by atoms with van der Waals surface area (Å²) in [6.07, 6.45) is 2.12. The van der Waals surface area contributed by atoms with Crippen LogP contribution in [0.3, 0.4) is 0 Å². The van der Waals surface area contributed by atoms with E-state index in [4.69, 9.17) is 14.0 Å². The first kappa shape index (κ1) is 19.2. The lowest BCUT2D eigenvalue weighted by Crippen LogP contribution is -2.35. The number of rotatable bonds is 6. The highest BCUT2D eigenvalue weighted by Crippen LogP contribution is 2.37. The van der Waals surface area contributed by atoms with Gasteiger partial charge in [0.25, 0.3) is 0 Å². The number of benzene rings is 1. The minimum absolute atomic E-state index is 0.136. The third kappa shape index (κ3) is 3.74. The summed E-state index contributed by atoms with van der Waals surface area (Å²) < 4.78 is 44.1. The van der Waals surface area contributed by atoms with Crippen LogP contribution in [-0.2, 0) is 10.0 Å². The molecule has 1 fully saturated rings. The predicted octanol–water partition coefficient (Wildman–Crippen LogP) is 2.18. The molecule has 0 saturated carbocycles. The number of ether oxygens (including phenoxy) is 2. The molecule has 8 nitrogen and oxygen atoms in total. The molecule has 1 saturated heterocycles. The number of fused-ring (bicyclic) bond motifs is 1. The Bertz CT molecular complexity index is 937. The van der Waals surface area contributed by atoms with Crippen molar-refractivity contribution in [2.45, 2.75) is 37.6 Å². The van der Waals surface area contributed by atoms with Gasteiger partial charge in [0.05, 0.1) is 0 Å². The Morgan fingerprint density at radius 2 is 2.00 bits per heavy atom. The Hall–Kier alpha value is -2.10. The van der Waals surface area contributed by atoms with E-state index in [1.807, 2.05) is 12.1 Å². The maximum atomic E-state index is 12.6. The lowest BCUT2D eigenvalue weighted by molar-refractivity contribution is 0.170. The van der Waals surface area contributed by atoms with Crippen LogP contribution in [-0.4, -0.2) is 51.3 Å². The Balaban J connectivity index is 1.41. The van der Waals surface area contributed by atoms with Gasteiger partial charge in [-0.05, 0) is 50.9 Å².